The molecule has 3 saturated heterocycles. The number of likely N-dealkylation sites (tertiary alicyclic amines) is 1. The first-order valence-electron chi connectivity index (χ1n) is 15.9. The van der Waals surface area contributed by atoms with Crippen LogP contribution >= 0.6 is 0 Å². The number of rotatable bonds is 14. The van der Waals surface area contributed by atoms with Gasteiger partial charge < -0.3 is 24.5 Å². The van der Waals surface area contributed by atoms with Crippen molar-refractivity contribution in [2.75, 3.05) is 24.6 Å². The Morgan fingerprint density at radius 1 is 1.14 bits per heavy atom. The van der Waals surface area contributed by atoms with Crippen LogP contribution < -0.4 is 4.90 Å². The fourth-order valence-corrected chi connectivity index (χ4v) is 8.13. The van der Waals surface area contributed by atoms with E-state index in [4.69, 9.17) is 4.74 Å². The third kappa shape index (κ3) is 5.46. The number of benzene rings is 1. The molecule has 4 unspecified atom stereocenters. The van der Waals surface area contributed by atoms with Gasteiger partial charge in [0.05, 0.1) is 30.1 Å². The normalized spacial score (nSPS) is 30.7. The van der Waals surface area contributed by atoms with Gasteiger partial charge in [0, 0.05) is 24.8 Å². The zero-order chi connectivity index (χ0) is 31.7. The molecule has 3 amide bonds. The van der Waals surface area contributed by atoms with Crippen molar-refractivity contribution in [1.29, 1.82) is 0 Å². The molecule has 3 heterocycles. The molecule has 236 valence electrons. The van der Waals surface area contributed by atoms with Gasteiger partial charge in [-0.15, -0.1) is 13.2 Å². The summed E-state index contributed by atoms with van der Waals surface area (Å²) in [6.45, 7) is 20.3. The molecule has 1 aromatic rings. The Hall–Kier alpha value is -2.97. The zero-order valence-corrected chi connectivity index (χ0v) is 26.9. The average Bonchev–Trinajstić information content (AvgIpc) is 3.49. The van der Waals surface area contributed by atoms with Crippen LogP contribution in [0.4, 0.5) is 5.69 Å². The van der Waals surface area contributed by atoms with Crippen LogP contribution in [0.3, 0.4) is 0 Å². The molecular formula is C35H51N3O5. The van der Waals surface area contributed by atoms with Crippen LogP contribution in [-0.4, -0.2) is 81.7 Å². The Labute approximate surface area is 257 Å². The van der Waals surface area contributed by atoms with Gasteiger partial charge >= 0.3 is 0 Å². The SMILES string of the molecule is C=CCN(C(=O)[C@H]1[C@H]2C(=O)N([C@@H](CO)CC(C)C)C(C(=O)N(CC=C)C(C)CCC)C23CC(C)[C@]1(C)O3)c1ccccc1. The molecule has 3 aliphatic heterocycles. The minimum absolute atomic E-state index is 0.0780. The molecule has 0 saturated carbocycles. The molecule has 4 rings (SSSR count). The molecule has 0 aromatic heterocycles. The molecule has 0 aliphatic carbocycles. The molecule has 1 N–H and O–H groups in total. The van der Waals surface area contributed by atoms with Gasteiger partial charge in [0.25, 0.3) is 0 Å². The van der Waals surface area contributed by atoms with E-state index in [2.05, 4.69) is 27.0 Å². The lowest BCUT2D eigenvalue weighted by Gasteiger charge is -2.41. The number of anilines is 1. The quantitative estimate of drug-likeness (QED) is 0.312. The first kappa shape index (κ1) is 32.9. The molecule has 1 spiro atoms. The van der Waals surface area contributed by atoms with E-state index in [-0.39, 0.29) is 48.8 Å². The number of aliphatic hydroxyl groups is 1. The summed E-state index contributed by atoms with van der Waals surface area (Å²) < 4.78 is 6.99. The zero-order valence-electron chi connectivity index (χ0n) is 26.9. The average molecular weight is 594 g/mol. The Morgan fingerprint density at radius 3 is 2.35 bits per heavy atom. The minimum Gasteiger partial charge on any atom is -0.394 e. The second kappa shape index (κ2) is 12.9. The van der Waals surface area contributed by atoms with Crippen LogP contribution in [0.15, 0.2) is 55.6 Å². The summed E-state index contributed by atoms with van der Waals surface area (Å²) in [5.74, 6) is -2.24. The third-order valence-electron chi connectivity index (χ3n) is 10.1. The molecule has 43 heavy (non-hydrogen) atoms. The molecule has 8 heteroatoms. The van der Waals surface area contributed by atoms with Crippen molar-refractivity contribution in [1.82, 2.24) is 9.80 Å². The smallest absolute Gasteiger partial charge is 0.248 e. The van der Waals surface area contributed by atoms with Gasteiger partial charge in [-0.2, -0.15) is 0 Å². The van der Waals surface area contributed by atoms with Gasteiger partial charge in [0.15, 0.2) is 0 Å². The van der Waals surface area contributed by atoms with Gasteiger partial charge in [-0.1, -0.05) is 64.5 Å². The van der Waals surface area contributed by atoms with Crippen molar-refractivity contribution in [2.45, 2.75) is 96.6 Å². The molecule has 1 aromatic carbocycles. The van der Waals surface area contributed by atoms with Crippen molar-refractivity contribution in [2.24, 2.45) is 23.7 Å². The maximum Gasteiger partial charge on any atom is 0.248 e. The first-order chi connectivity index (χ1) is 20.4. The van der Waals surface area contributed by atoms with E-state index in [0.717, 1.165) is 12.8 Å². The Bertz CT molecular complexity index is 1200. The number of hydrogen-bond acceptors (Lipinski definition) is 5. The molecule has 3 aliphatic rings. The fraction of sp³-hybridized carbons (Fsp3) is 0.629. The summed E-state index contributed by atoms with van der Waals surface area (Å²) >= 11 is 0. The van der Waals surface area contributed by atoms with Gasteiger partial charge in [-0.25, -0.2) is 0 Å². The number of carbonyl (C=O) groups is 3. The highest BCUT2D eigenvalue weighted by Gasteiger charge is 2.80. The fourth-order valence-electron chi connectivity index (χ4n) is 8.13. The van der Waals surface area contributed by atoms with E-state index in [1.165, 1.54) is 0 Å². The number of ether oxygens (including phenoxy) is 1. The largest absolute Gasteiger partial charge is 0.394 e. The van der Waals surface area contributed by atoms with Crippen molar-refractivity contribution in [3.05, 3.63) is 55.6 Å². The summed E-state index contributed by atoms with van der Waals surface area (Å²) in [5, 5.41) is 10.6. The highest BCUT2D eigenvalue weighted by molar-refractivity contribution is 6.03. The lowest BCUT2D eigenvalue weighted by Crippen LogP contribution is -2.60. The van der Waals surface area contributed by atoms with E-state index in [0.29, 0.717) is 25.1 Å². The monoisotopic (exact) mass is 593 g/mol. The second-order valence-corrected chi connectivity index (χ2v) is 13.4. The summed E-state index contributed by atoms with van der Waals surface area (Å²) in [7, 11) is 0. The van der Waals surface area contributed by atoms with Crippen LogP contribution in [0.25, 0.3) is 0 Å². The number of para-hydroxylation sites is 1. The number of aliphatic hydroxyl groups excluding tert-OH is 1. The molecular weight excluding hydrogens is 542 g/mol. The van der Waals surface area contributed by atoms with Crippen LogP contribution in [0.2, 0.25) is 0 Å². The summed E-state index contributed by atoms with van der Waals surface area (Å²) in [6.07, 6.45) is 6.11. The van der Waals surface area contributed by atoms with Crippen molar-refractivity contribution >= 4 is 23.4 Å². The third-order valence-corrected chi connectivity index (χ3v) is 10.1. The maximum absolute atomic E-state index is 14.8. The summed E-state index contributed by atoms with van der Waals surface area (Å²) in [5.41, 5.74) is -1.41. The first-order valence-corrected chi connectivity index (χ1v) is 15.9. The molecule has 8 nitrogen and oxygen atoms in total. The van der Waals surface area contributed by atoms with E-state index in [1.54, 1.807) is 26.9 Å². The number of nitrogens with zero attached hydrogens (tertiary/aromatic N) is 3. The predicted octanol–water partition coefficient (Wildman–Crippen LogP) is 4.83. The molecule has 8 atom stereocenters. The minimum atomic E-state index is -1.19. The van der Waals surface area contributed by atoms with Gasteiger partial charge in [0.2, 0.25) is 17.7 Å². The summed E-state index contributed by atoms with van der Waals surface area (Å²) in [6, 6.07) is 7.79. The van der Waals surface area contributed by atoms with Crippen LogP contribution in [0.1, 0.15) is 67.2 Å². The van der Waals surface area contributed by atoms with Crippen LogP contribution in [0.5, 0.6) is 0 Å². The number of fused-ring (bicyclic) bond motifs is 1. The molecule has 3 fully saturated rings. The lowest BCUT2D eigenvalue weighted by atomic mass is 9.62. The van der Waals surface area contributed by atoms with Gasteiger partial charge in [-0.3, -0.25) is 14.4 Å². The van der Waals surface area contributed by atoms with Gasteiger partial charge in [0.1, 0.15) is 11.6 Å². The van der Waals surface area contributed by atoms with Crippen LogP contribution in [-0.2, 0) is 19.1 Å². The van der Waals surface area contributed by atoms with E-state index >= 15 is 0 Å². The highest BCUT2D eigenvalue weighted by Crippen LogP contribution is 2.66. The van der Waals surface area contributed by atoms with Crippen molar-refractivity contribution in [3.63, 3.8) is 0 Å². The topological polar surface area (TPSA) is 90.4 Å². The van der Waals surface area contributed by atoms with Gasteiger partial charge in [-0.05, 0) is 57.1 Å². The maximum atomic E-state index is 14.8. The Kier molecular flexibility index (Phi) is 9.92. The number of amides is 3. The van der Waals surface area contributed by atoms with E-state index < -0.39 is 35.1 Å². The molecule has 0 radical (unpaired) electrons. The van der Waals surface area contributed by atoms with E-state index in [1.807, 2.05) is 58.0 Å². The Morgan fingerprint density at radius 2 is 1.79 bits per heavy atom. The predicted molar refractivity (Wildman–Crippen MR) is 169 cm³/mol. The summed E-state index contributed by atoms with van der Waals surface area (Å²) in [4.78, 5) is 49.3. The molecule has 2 bridgehead atoms. The standard InChI is InChI=1S/C35H51N3O5/c1-9-15-25(7)36(18-10-2)33(42)30-35-21-24(6)34(8,43-35)28(29(35)32(41)38(30)27(22-39)20-23(4)5)31(40)37(19-11-3)26-16-13-12-14-17-26/h10-14,16-17,23-25,27-30,39H,2-3,9,15,18-22H2,1,4-8H3/t24?,25?,27-,28-,29+,30?,34+,35?/m1/s1. The number of carbonyl (C=O) groups excluding carboxylic acids is 3. The highest BCUT2D eigenvalue weighted by atomic mass is 16.5. The van der Waals surface area contributed by atoms with Crippen molar-refractivity contribution in [3.8, 4) is 0 Å². The second-order valence-electron chi connectivity index (χ2n) is 13.4. The Balaban J connectivity index is 1.88. The van der Waals surface area contributed by atoms with Crippen molar-refractivity contribution < 1.29 is 24.2 Å². The van der Waals surface area contributed by atoms with E-state index in [9.17, 15) is 19.5 Å². The van der Waals surface area contributed by atoms with Crippen LogP contribution in [0, 0.1) is 23.7 Å². The lowest BCUT2D eigenvalue weighted by molar-refractivity contribution is -0.157. The number of hydrogen-bond donors (Lipinski definition) is 1.